The highest BCUT2D eigenvalue weighted by molar-refractivity contribution is 7.71. The summed E-state index contributed by atoms with van der Waals surface area (Å²) in [5.74, 6) is 0.656. The molecule has 0 saturated heterocycles. The van der Waals surface area contributed by atoms with Gasteiger partial charge in [-0.3, -0.25) is 9.89 Å². The second kappa shape index (κ2) is 5.97. The van der Waals surface area contributed by atoms with Crippen LogP contribution in [0.1, 0.15) is 43.9 Å². The number of nitrogens with zero attached hydrogens (tertiary/aromatic N) is 2. The number of pyridine rings is 1. The highest BCUT2D eigenvalue weighted by atomic mass is 32.1. The van der Waals surface area contributed by atoms with Crippen molar-refractivity contribution in [2.24, 2.45) is 0 Å². The van der Waals surface area contributed by atoms with Crippen molar-refractivity contribution < 1.29 is 0 Å². The number of aryl methyl sites for hydroxylation is 2. The molecular formula is C15H20N4OS. The van der Waals surface area contributed by atoms with E-state index in [4.69, 9.17) is 12.2 Å². The average molecular weight is 304 g/mol. The minimum atomic E-state index is -0.0672. The van der Waals surface area contributed by atoms with E-state index in [0.717, 1.165) is 44.3 Å². The fourth-order valence-corrected chi connectivity index (χ4v) is 3.11. The van der Waals surface area contributed by atoms with E-state index in [0.29, 0.717) is 16.2 Å². The molecule has 0 fully saturated rings. The summed E-state index contributed by atoms with van der Waals surface area (Å²) in [6.07, 6.45) is 6.42. The van der Waals surface area contributed by atoms with Gasteiger partial charge in [0.05, 0.1) is 5.56 Å². The maximum absolute atomic E-state index is 12.4. The lowest BCUT2D eigenvalue weighted by molar-refractivity contribution is 0.627. The van der Waals surface area contributed by atoms with Crippen LogP contribution in [0.3, 0.4) is 0 Å². The Kier molecular flexibility index (Phi) is 4.05. The van der Waals surface area contributed by atoms with E-state index in [2.05, 4.69) is 22.1 Å². The van der Waals surface area contributed by atoms with Crippen LogP contribution in [0.25, 0.3) is 11.4 Å². The second-order valence-corrected chi connectivity index (χ2v) is 5.97. The molecule has 21 heavy (non-hydrogen) atoms. The third-order valence-corrected chi connectivity index (χ3v) is 4.38. The predicted molar refractivity (Wildman–Crippen MR) is 85.0 cm³/mol. The summed E-state index contributed by atoms with van der Waals surface area (Å²) in [5.41, 5.74) is 2.89. The molecule has 2 N–H and O–H groups in total. The molecule has 0 spiro atoms. The first-order valence-corrected chi connectivity index (χ1v) is 8.02. The molecule has 0 radical (unpaired) electrons. The van der Waals surface area contributed by atoms with Crippen molar-refractivity contribution in [3.05, 3.63) is 32.4 Å². The van der Waals surface area contributed by atoms with Crippen LogP contribution in [-0.2, 0) is 19.4 Å². The molecule has 0 amide bonds. The smallest absolute Gasteiger partial charge is 0.259 e. The fourth-order valence-electron chi connectivity index (χ4n) is 2.89. The Balaban J connectivity index is 2.08. The van der Waals surface area contributed by atoms with Gasteiger partial charge in [0, 0.05) is 12.2 Å². The summed E-state index contributed by atoms with van der Waals surface area (Å²) in [6.45, 7) is 2.92. The SMILES string of the molecule is CCCCn1c(-c2cc3c([nH]c2=O)CCCC3)n[nH]c1=S. The summed E-state index contributed by atoms with van der Waals surface area (Å²) >= 11 is 5.28. The number of aromatic nitrogens is 4. The predicted octanol–water partition coefficient (Wildman–Crippen LogP) is 2.97. The number of nitrogens with one attached hydrogen (secondary N) is 2. The number of H-pyrrole nitrogens is 2. The van der Waals surface area contributed by atoms with E-state index in [1.807, 2.05) is 10.6 Å². The summed E-state index contributed by atoms with van der Waals surface area (Å²) in [6, 6.07) is 2.00. The number of rotatable bonds is 4. The van der Waals surface area contributed by atoms with Crippen LogP contribution >= 0.6 is 12.2 Å². The van der Waals surface area contributed by atoms with Gasteiger partial charge in [0.1, 0.15) is 0 Å². The monoisotopic (exact) mass is 304 g/mol. The number of hydrogen-bond acceptors (Lipinski definition) is 3. The molecule has 2 aromatic rings. The molecule has 0 saturated carbocycles. The van der Waals surface area contributed by atoms with E-state index in [9.17, 15) is 4.79 Å². The zero-order valence-corrected chi connectivity index (χ0v) is 13.1. The summed E-state index contributed by atoms with van der Waals surface area (Å²) in [7, 11) is 0. The van der Waals surface area contributed by atoms with E-state index in [1.54, 1.807) is 0 Å². The van der Waals surface area contributed by atoms with Gasteiger partial charge < -0.3 is 9.55 Å². The van der Waals surface area contributed by atoms with Crippen LogP contribution in [0.15, 0.2) is 10.9 Å². The van der Waals surface area contributed by atoms with Gasteiger partial charge in [-0.15, -0.1) is 0 Å². The Morgan fingerprint density at radius 3 is 3.00 bits per heavy atom. The first kappa shape index (κ1) is 14.3. The molecule has 6 heteroatoms. The van der Waals surface area contributed by atoms with Gasteiger partial charge in [0.2, 0.25) is 0 Å². The quantitative estimate of drug-likeness (QED) is 0.853. The third kappa shape index (κ3) is 2.72. The Morgan fingerprint density at radius 1 is 1.38 bits per heavy atom. The topological polar surface area (TPSA) is 66.5 Å². The van der Waals surface area contributed by atoms with Crippen LogP contribution in [0.5, 0.6) is 0 Å². The second-order valence-electron chi connectivity index (χ2n) is 5.58. The molecule has 0 unspecified atom stereocenters. The maximum Gasteiger partial charge on any atom is 0.259 e. The lowest BCUT2D eigenvalue weighted by Crippen LogP contribution is -2.18. The molecule has 2 aromatic heterocycles. The van der Waals surface area contributed by atoms with Gasteiger partial charge >= 0.3 is 0 Å². The fraction of sp³-hybridized carbons (Fsp3) is 0.533. The zero-order valence-electron chi connectivity index (χ0n) is 12.2. The molecule has 3 rings (SSSR count). The maximum atomic E-state index is 12.4. The van der Waals surface area contributed by atoms with Gasteiger partial charge in [0.25, 0.3) is 5.56 Å². The van der Waals surface area contributed by atoms with Gasteiger partial charge in [-0.25, -0.2) is 0 Å². The minimum absolute atomic E-state index is 0.0672. The van der Waals surface area contributed by atoms with Crippen LogP contribution in [0.4, 0.5) is 0 Å². The van der Waals surface area contributed by atoms with Crippen molar-refractivity contribution in [3.8, 4) is 11.4 Å². The number of aromatic amines is 2. The van der Waals surface area contributed by atoms with Crippen LogP contribution in [0.2, 0.25) is 0 Å². The Hall–Kier alpha value is -1.69. The van der Waals surface area contributed by atoms with Gasteiger partial charge in [0.15, 0.2) is 10.6 Å². The van der Waals surface area contributed by atoms with Crippen molar-refractivity contribution >= 4 is 12.2 Å². The molecule has 5 nitrogen and oxygen atoms in total. The largest absolute Gasteiger partial charge is 0.325 e. The van der Waals surface area contributed by atoms with Crippen LogP contribution < -0.4 is 5.56 Å². The Morgan fingerprint density at radius 2 is 2.19 bits per heavy atom. The van der Waals surface area contributed by atoms with Crippen molar-refractivity contribution in [3.63, 3.8) is 0 Å². The summed E-state index contributed by atoms with van der Waals surface area (Å²) in [5, 5.41) is 7.09. The van der Waals surface area contributed by atoms with Gasteiger partial charge in [-0.2, -0.15) is 5.10 Å². The molecule has 0 aliphatic heterocycles. The van der Waals surface area contributed by atoms with Crippen molar-refractivity contribution in [2.45, 2.75) is 52.0 Å². The first-order chi connectivity index (χ1) is 10.2. The van der Waals surface area contributed by atoms with Gasteiger partial charge in [-0.1, -0.05) is 13.3 Å². The van der Waals surface area contributed by atoms with Crippen LogP contribution in [-0.4, -0.2) is 19.7 Å². The van der Waals surface area contributed by atoms with Crippen molar-refractivity contribution in [2.75, 3.05) is 0 Å². The van der Waals surface area contributed by atoms with E-state index < -0.39 is 0 Å². The lowest BCUT2D eigenvalue weighted by atomic mass is 9.95. The van der Waals surface area contributed by atoms with E-state index in [1.165, 1.54) is 12.0 Å². The van der Waals surface area contributed by atoms with E-state index >= 15 is 0 Å². The summed E-state index contributed by atoms with van der Waals surface area (Å²) in [4.78, 5) is 15.4. The normalized spacial score (nSPS) is 14.1. The average Bonchev–Trinajstić information content (AvgIpc) is 2.85. The molecule has 2 heterocycles. The molecule has 1 aliphatic rings. The number of hydrogen-bond donors (Lipinski definition) is 2. The van der Waals surface area contributed by atoms with Crippen molar-refractivity contribution in [1.82, 2.24) is 19.7 Å². The molecule has 0 aromatic carbocycles. The van der Waals surface area contributed by atoms with Crippen molar-refractivity contribution in [1.29, 1.82) is 0 Å². The minimum Gasteiger partial charge on any atom is -0.325 e. The first-order valence-electron chi connectivity index (χ1n) is 7.61. The molecule has 0 bridgehead atoms. The van der Waals surface area contributed by atoms with Gasteiger partial charge in [-0.05, 0) is 56.0 Å². The van der Waals surface area contributed by atoms with Crippen LogP contribution in [0, 0.1) is 4.77 Å². The Labute approximate surface area is 128 Å². The third-order valence-electron chi connectivity index (χ3n) is 4.07. The molecule has 112 valence electrons. The molecule has 1 aliphatic carbocycles. The number of unbranched alkanes of at least 4 members (excludes halogenated alkanes) is 1. The molecular weight excluding hydrogens is 284 g/mol. The zero-order chi connectivity index (χ0) is 14.8. The summed E-state index contributed by atoms with van der Waals surface area (Å²) < 4.78 is 2.51. The molecule has 0 atom stereocenters. The lowest BCUT2D eigenvalue weighted by Gasteiger charge is -2.16. The highest BCUT2D eigenvalue weighted by Gasteiger charge is 2.17. The van der Waals surface area contributed by atoms with E-state index in [-0.39, 0.29) is 5.56 Å². The number of fused-ring (bicyclic) bond motifs is 1. The Bertz CT molecular complexity index is 756. The standard InChI is InChI=1S/C15H20N4OS/c1-2-3-8-19-13(17-18-15(19)21)11-9-10-6-4-5-7-12(10)16-14(11)20/h9H,2-8H2,1H3,(H,16,20)(H,18,21). The highest BCUT2D eigenvalue weighted by Crippen LogP contribution is 2.22.